The number of carbonyl (C=O) groups is 1. The largest absolute Gasteiger partial charge is 0.478 e. The van der Waals surface area contributed by atoms with E-state index in [1.165, 1.54) is 0 Å². The zero-order valence-electron chi connectivity index (χ0n) is 8.18. The number of allylic oxidation sites excluding steroid dienone is 1. The molecule has 2 aromatic rings. The predicted molar refractivity (Wildman–Crippen MR) is 59.1 cm³/mol. The van der Waals surface area contributed by atoms with Gasteiger partial charge < -0.3 is 9.67 Å². The fraction of sp³-hybridized carbons (Fsp3) is 0.0833. The minimum absolute atomic E-state index is 0.318. The zero-order valence-corrected chi connectivity index (χ0v) is 8.18. The molecule has 0 atom stereocenters. The summed E-state index contributed by atoms with van der Waals surface area (Å²) in [6.45, 7) is 4.39. The summed E-state index contributed by atoms with van der Waals surface area (Å²) in [7, 11) is 0. The lowest BCUT2D eigenvalue weighted by Crippen LogP contribution is -1.94. The molecule has 0 fully saturated rings. The van der Waals surface area contributed by atoms with E-state index in [2.05, 4.69) is 6.58 Å². The molecular weight excluding hydrogens is 190 g/mol. The number of nitrogens with zero attached hydrogens (tertiary/aromatic N) is 1. The van der Waals surface area contributed by atoms with Crippen molar-refractivity contribution in [1.82, 2.24) is 4.57 Å². The van der Waals surface area contributed by atoms with Crippen molar-refractivity contribution in [3.63, 3.8) is 0 Å². The molecule has 0 spiro atoms. The highest BCUT2D eigenvalue weighted by Gasteiger charge is 2.04. The van der Waals surface area contributed by atoms with E-state index < -0.39 is 5.97 Å². The molecule has 0 saturated carbocycles. The summed E-state index contributed by atoms with van der Waals surface area (Å²) in [4.78, 5) is 10.8. The van der Waals surface area contributed by atoms with Gasteiger partial charge >= 0.3 is 5.97 Å². The molecule has 1 heterocycles. The third-order valence-corrected chi connectivity index (χ3v) is 2.28. The van der Waals surface area contributed by atoms with E-state index in [0.29, 0.717) is 5.56 Å². The van der Waals surface area contributed by atoms with Gasteiger partial charge in [-0.25, -0.2) is 4.79 Å². The summed E-state index contributed by atoms with van der Waals surface area (Å²) in [6.07, 6.45) is 5.70. The Morgan fingerprint density at radius 2 is 2.13 bits per heavy atom. The lowest BCUT2D eigenvalue weighted by atomic mass is 10.1. The number of aromatic carboxylic acids is 1. The van der Waals surface area contributed by atoms with E-state index in [9.17, 15) is 4.79 Å². The highest BCUT2D eigenvalue weighted by Crippen LogP contribution is 2.17. The van der Waals surface area contributed by atoms with Crippen LogP contribution < -0.4 is 0 Å². The fourth-order valence-electron chi connectivity index (χ4n) is 1.59. The monoisotopic (exact) mass is 201 g/mol. The molecule has 0 bridgehead atoms. The number of carboxylic acid groups (broad SMARTS) is 1. The van der Waals surface area contributed by atoms with Crippen molar-refractivity contribution in [2.24, 2.45) is 0 Å². The Morgan fingerprint density at radius 3 is 2.80 bits per heavy atom. The average Bonchev–Trinajstić information content (AvgIpc) is 2.59. The summed E-state index contributed by atoms with van der Waals surface area (Å²) in [6, 6.07) is 5.11. The normalized spacial score (nSPS) is 10.4. The first kappa shape index (κ1) is 9.52. The van der Waals surface area contributed by atoms with E-state index >= 15 is 0 Å². The first-order valence-corrected chi connectivity index (χ1v) is 4.64. The van der Waals surface area contributed by atoms with Crippen LogP contribution in [0.3, 0.4) is 0 Å². The summed E-state index contributed by atoms with van der Waals surface area (Å²) in [5.74, 6) is -0.895. The van der Waals surface area contributed by atoms with Crippen LogP contribution >= 0.6 is 0 Å². The van der Waals surface area contributed by atoms with E-state index in [-0.39, 0.29) is 0 Å². The Balaban J connectivity index is 2.51. The Hall–Kier alpha value is -2.03. The Bertz CT molecular complexity index is 525. The molecule has 3 nitrogen and oxygen atoms in total. The van der Waals surface area contributed by atoms with Crippen LogP contribution in [-0.4, -0.2) is 15.6 Å². The van der Waals surface area contributed by atoms with E-state index in [1.54, 1.807) is 18.2 Å². The zero-order chi connectivity index (χ0) is 10.8. The molecule has 2 rings (SSSR count). The molecule has 15 heavy (non-hydrogen) atoms. The molecule has 1 aromatic carbocycles. The Labute approximate surface area is 87.3 Å². The maximum Gasteiger partial charge on any atom is 0.335 e. The van der Waals surface area contributed by atoms with Crippen LogP contribution in [0.15, 0.2) is 43.2 Å². The second-order valence-electron chi connectivity index (χ2n) is 3.39. The standard InChI is InChI=1S/C12H11NO2/c1-2-5-13-7-10-4-3-9(12(14)15)6-11(10)8-13/h2-4,6-8H,1,5H2,(H,14,15). The van der Waals surface area contributed by atoms with Crippen LogP contribution in [0.4, 0.5) is 0 Å². The first-order valence-electron chi connectivity index (χ1n) is 4.64. The van der Waals surface area contributed by atoms with Crippen molar-refractivity contribution >= 4 is 16.7 Å². The van der Waals surface area contributed by atoms with Gasteiger partial charge in [0.2, 0.25) is 0 Å². The van der Waals surface area contributed by atoms with Crippen molar-refractivity contribution in [2.75, 3.05) is 0 Å². The smallest absolute Gasteiger partial charge is 0.335 e. The second kappa shape index (κ2) is 3.61. The molecule has 0 radical (unpaired) electrons. The Morgan fingerprint density at radius 1 is 1.40 bits per heavy atom. The first-order chi connectivity index (χ1) is 7.20. The number of rotatable bonds is 3. The number of benzene rings is 1. The average molecular weight is 201 g/mol. The van der Waals surface area contributed by atoms with Crippen molar-refractivity contribution in [3.05, 3.63) is 48.8 Å². The number of aromatic nitrogens is 1. The van der Waals surface area contributed by atoms with Crippen molar-refractivity contribution in [3.8, 4) is 0 Å². The SMILES string of the molecule is C=CCn1cc2ccc(C(=O)O)cc2c1. The van der Waals surface area contributed by atoms with Gasteiger partial charge in [0.15, 0.2) is 0 Å². The lowest BCUT2D eigenvalue weighted by Gasteiger charge is -1.93. The van der Waals surface area contributed by atoms with E-state index in [0.717, 1.165) is 17.3 Å². The van der Waals surface area contributed by atoms with Crippen LogP contribution in [-0.2, 0) is 6.54 Å². The maximum absolute atomic E-state index is 10.8. The van der Waals surface area contributed by atoms with Gasteiger partial charge in [0.1, 0.15) is 0 Å². The highest BCUT2D eigenvalue weighted by atomic mass is 16.4. The van der Waals surface area contributed by atoms with Crippen molar-refractivity contribution in [1.29, 1.82) is 0 Å². The van der Waals surface area contributed by atoms with Crippen LogP contribution in [0.1, 0.15) is 10.4 Å². The van der Waals surface area contributed by atoms with Gasteiger partial charge in [0.25, 0.3) is 0 Å². The number of hydrogen-bond donors (Lipinski definition) is 1. The highest BCUT2D eigenvalue weighted by molar-refractivity contribution is 5.94. The Kier molecular flexibility index (Phi) is 2.29. The maximum atomic E-state index is 10.8. The summed E-state index contributed by atoms with van der Waals surface area (Å²) in [5, 5.41) is 10.8. The van der Waals surface area contributed by atoms with Gasteiger partial charge in [0.05, 0.1) is 5.56 Å². The number of hydrogen-bond acceptors (Lipinski definition) is 1. The van der Waals surface area contributed by atoms with Gasteiger partial charge in [-0.1, -0.05) is 12.1 Å². The molecule has 1 aromatic heterocycles. The molecule has 0 saturated heterocycles. The van der Waals surface area contributed by atoms with Gasteiger partial charge in [-0.15, -0.1) is 6.58 Å². The third-order valence-electron chi connectivity index (χ3n) is 2.28. The van der Waals surface area contributed by atoms with E-state index in [1.807, 2.05) is 23.0 Å². The van der Waals surface area contributed by atoms with Crippen LogP contribution in [0.2, 0.25) is 0 Å². The predicted octanol–water partition coefficient (Wildman–Crippen LogP) is 2.53. The van der Waals surface area contributed by atoms with Gasteiger partial charge in [-0.2, -0.15) is 0 Å². The molecule has 1 N–H and O–H groups in total. The quantitative estimate of drug-likeness (QED) is 0.775. The minimum atomic E-state index is -0.895. The lowest BCUT2D eigenvalue weighted by molar-refractivity contribution is 0.0697. The van der Waals surface area contributed by atoms with E-state index in [4.69, 9.17) is 5.11 Å². The third kappa shape index (κ3) is 1.76. The number of carboxylic acids is 1. The molecule has 0 amide bonds. The molecule has 3 heteroatoms. The molecule has 0 aliphatic rings. The van der Waals surface area contributed by atoms with Crippen LogP contribution in [0, 0.1) is 0 Å². The second-order valence-corrected chi connectivity index (χ2v) is 3.39. The molecule has 0 aliphatic carbocycles. The summed E-state index contributed by atoms with van der Waals surface area (Å²) >= 11 is 0. The van der Waals surface area contributed by atoms with Gasteiger partial charge in [-0.05, 0) is 17.5 Å². The van der Waals surface area contributed by atoms with Gasteiger partial charge in [0, 0.05) is 24.3 Å². The summed E-state index contributed by atoms with van der Waals surface area (Å²) < 4.78 is 1.98. The minimum Gasteiger partial charge on any atom is -0.478 e. The molecular formula is C12H11NO2. The van der Waals surface area contributed by atoms with Crippen molar-refractivity contribution < 1.29 is 9.90 Å². The van der Waals surface area contributed by atoms with Crippen molar-refractivity contribution in [2.45, 2.75) is 6.54 Å². The van der Waals surface area contributed by atoms with Crippen LogP contribution in [0.25, 0.3) is 10.8 Å². The molecule has 0 unspecified atom stereocenters. The fourth-order valence-corrected chi connectivity index (χ4v) is 1.59. The molecule has 0 aliphatic heterocycles. The number of fused-ring (bicyclic) bond motifs is 1. The van der Waals surface area contributed by atoms with Gasteiger partial charge in [-0.3, -0.25) is 0 Å². The molecule has 76 valence electrons. The topological polar surface area (TPSA) is 42.2 Å². The summed E-state index contributed by atoms with van der Waals surface area (Å²) in [5.41, 5.74) is 0.318. The van der Waals surface area contributed by atoms with Crippen LogP contribution in [0.5, 0.6) is 0 Å².